The van der Waals surface area contributed by atoms with E-state index in [-0.39, 0.29) is 48.0 Å². The summed E-state index contributed by atoms with van der Waals surface area (Å²) >= 11 is 0. The van der Waals surface area contributed by atoms with Gasteiger partial charge in [0.25, 0.3) is 0 Å². The first kappa shape index (κ1) is 46.8. The molecule has 0 saturated heterocycles. The molecule has 2 unspecified atom stereocenters. The molecule has 0 spiro atoms. The Balaban J connectivity index is 0.995. The number of unbranched alkanes of at least 4 members (excludes halogenated alkanes) is 1. The van der Waals surface area contributed by atoms with Gasteiger partial charge in [-0.25, -0.2) is 14.4 Å². The van der Waals surface area contributed by atoms with Crippen LogP contribution < -0.4 is 23.7 Å². The van der Waals surface area contributed by atoms with E-state index >= 15 is 0 Å². The first-order valence-electron chi connectivity index (χ1n) is 20.1. The largest absolute Gasteiger partial charge is 0.494 e. The number of ether oxygens (including phenoxy) is 6. The summed E-state index contributed by atoms with van der Waals surface area (Å²) in [6, 6.07) is 29.9. The van der Waals surface area contributed by atoms with Crippen molar-refractivity contribution in [3.8, 4) is 28.7 Å². The third-order valence-electron chi connectivity index (χ3n) is 9.44. The number of hydrogen-bond acceptors (Lipinski definition) is 11. The van der Waals surface area contributed by atoms with Gasteiger partial charge in [-0.2, -0.15) is 13.2 Å². The Morgan fingerprint density at radius 1 is 0.635 bits per heavy atom. The zero-order valence-corrected chi connectivity index (χ0v) is 34.7. The molecular weight excluding hydrogens is 822 g/mol. The summed E-state index contributed by atoms with van der Waals surface area (Å²) in [5, 5.41) is 0. The van der Waals surface area contributed by atoms with E-state index in [1.54, 1.807) is 25.1 Å². The number of esters is 5. The molecule has 0 aliphatic rings. The van der Waals surface area contributed by atoms with Gasteiger partial charge in [0.15, 0.2) is 0 Å². The van der Waals surface area contributed by atoms with Gasteiger partial charge in [0.05, 0.1) is 41.7 Å². The molecule has 0 aliphatic heterocycles. The van der Waals surface area contributed by atoms with Crippen LogP contribution in [0.1, 0.15) is 76.9 Å². The lowest BCUT2D eigenvalue weighted by molar-refractivity contribution is -0.150. The predicted octanol–water partition coefficient (Wildman–Crippen LogP) is 10.4. The average molecular weight is 867 g/mol. The van der Waals surface area contributed by atoms with E-state index in [0.717, 1.165) is 23.3 Å². The average Bonchev–Trinajstić information content (AvgIpc) is 3.27. The minimum absolute atomic E-state index is 0.0419. The molecule has 5 aromatic carbocycles. The molecule has 0 aliphatic carbocycles. The molecule has 2 atom stereocenters. The second-order valence-corrected chi connectivity index (χ2v) is 14.3. The Kier molecular flexibility index (Phi) is 16.8. The van der Waals surface area contributed by atoms with Gasteiger partial charge in [0.1, 0.15) is 28.7 Å². The lowest BCUT2D eigenvalue weighted by atomic mass is 9.94. The van der Waals surface area contributed by atoms with Crippen molar-refractivity contribution >= 4 is 35.9 Å². The van der Waals surface area contributed by atoms with E-state index in [2.05, 4.69) is 0 Å². The number of carbonyl (C=O) groups excluding carboxylic acids is 5. The number of aryl methyl sites for hydroxylation is 1. The van der Waals surface area contributed by atoms with Gasteiger partial charge in [0.2, 0.25) is 0 Å². The number of alkyl halides is 3. The smallest absolute Gasteiger partial charge is 0.420 e. The second kappa shape index (κ2) is 22.6. The highest BCUT2D eigenvalue weighted by atomic mass is 19.4. The Morgan fingerprint density at radius 2 is 1.21 bits per heavy atom. The minimum atomic E-state index is -4.95. The molecule has 63 heavy (non-hydrogen) atoms. The van der Waals surface area contributed by atoms with Gasteiger partial charge in [-0.3, -0.25) is 9.59 Å². The second-order valence-electron chi connectivity index (χ2n) is 14.3. The van der Waals surface area contributed by atoms with Crippen molar-refractivity contribution in [2.75, 3.05) is 13.2 Å². The zero-order chi connectivity index (χ0) is 45.4. The van der Waals surface area contributed by atoms with E-state index in [0.29, 0.717) is 31.1 Å². The van der Waals surface area contributed by atoms with Crippen LogP contribution >= 0.6 is 0 Å². The van der Waals surface area contributed by atoms with Gasteiger partial charge < -0.3 is 28.4 Å². The summed E-state index contributed by atoms with van der Waals surface area (Å²) in [5.74, 6) is -4.44. The number of benzene rings is 5. The number of carbonyl (C=O) groups is 5. The summed E-state index contributed by atoms with van der Waals surface area (Å²) in [6.07, 6.45) is -0.370. The molecule has 0 heterocycles. The van der Waals surface area contributed by atoms with E-state index in [4.69, 9.17) is 28.4 Å². The molecule has 0 amide bonds. The highest BCUT2D eigenvalue weighted by molar-refractivity contribution is 5.93. The number of halogens is 3. The molecule has 5 aromatic rings. The van der Waals surface area contributed by atoms with Gasteiger partial charge in [-0.05, 0) is 123 Å². The molecular formula is C49H45F3O11. The summed E-state index contributed by atoms with van der Waals surface area (Å²) in [7, 11) is 0. The van der Waals surface area contributed by atoms with Crippen LogP contribution in [-0.2, 0) is 25.3 Å². The highest BCUT2D eigenvalue weighted by Gasteiger charge is 2.36. The first-order valence-corrected chi connectivity index (χ1v) is 20.1. The SMILES string of the molecule is CCC(CC(C)C(=O)OCCCCOc1ccc(C(=O)Oc2ccc(C(=O)Oc3ccc(C)cc3)cc2C(F)(F)F)cc1)C(=O)Oc1ccc(OC(=O)C=Cc2ccccc2)cc1. The molecule has 0 saturated carbocycles. The maximum absolute atomic E-state index is 14.0. The normalized spacial score (nSPS) is 12.2. The Hall–Kier alpha value is -7.22. The van der Waals surface area contributed by atoms with Crippen LogP contribution in [0.3, 0.4) is 0 Å². The van der Waals surface area contributed by atoms with E-state index < -0.39 is 59.2 Å². The van der Waals surface area contributed by atoms with Gasteiger partial charge >= 0.3 is 36.0 Å². The molecule has 0 aromatic heterocycles. The van der Waals surface area contributed by atoms with Crippen LogP contribution in [0.15, 0.2) is 127 Å². The molecule has 328 valence electrons. The third kappa shape index (κ3) is 14.7. The maximum atomic E-state index is 14.0. The number of rotatable bonds is 19. The number of hydrogen-bond donors (Lipinski definition) is 0. The maximum Gasteiger partial charge on any atom is 0.420 e. The Bertz CT molecular complexity index is 2360. The lowest BCUT2D eigenvalue weighted by Crippen LogP contribution is -2.26. The van der Waals surface area contributed by atoms with Crippen molar-refractivity contribution in [3.63, 3.8) is 0 Å². The molecule has 0 bridgehead atoms. The van der Waals surface area contributed by atoms with Crippen LogP contribution in [0, 0.1) is 18.8 Å². The van der Waals surface area contributed by atoms with Crippen LogP contribution in [0.2, 0.25) is 0 Å². The topological polar surface area (TPSA) is 141 Å². The highest BCUT2D eigenvalue weighted by Crippen LogP contribution is 2.37. The van der Waals surface area contributed by atoms with Crippen LogP contribution in [-0.4, -0.2) is 43.1 Å². The van der Waals surface area contributed by atoms with Gasteiger partial charge in [-0.1, -0.05) is 61.9 Å². The molecule has 0 N–H and O–H groups in total. The predicted molar refractivity (Wildman–Crippen MR) is 225 cm³/mol. The van der Waals surface area contributed by atoms with Crippen molar-refractivity contribution in [1.82, 2.24) is 0 Å². The molecule has 0 fully saturated rings. The van der Waals surface area contributed by atoms with Gasteiger partial charge in [-0.15, -0.1) is 0 Å². The summed E-state index contributed by atoms with van der Waals surface area (Å²) in [4.78, 5) is 63.1. The quantitative estimate of drug-likeness (QED) is 0.0339. The Morgan fingerprint density at radius 3 is 1.86 bits per heavy atom. The fourth-order valence-electron chi connectivity index (χ4n) is 5.90. The third-order valence-corrected chi connectivity index (χ3v) is 9.44. The van der Waals surface area contributed by atoms with Crippen molar-refractivity contribution in [3.05, 3.63) is 155 Å². The first-order chi connectivity index (χ1) is 30.2. The molecule has 11 nitrogen and oxygen atoms in total. The molecule has 5 rings (SSSR count). The van der Waals surface area contributed by atoms with Crippen molar-refractivity contribution in [1.29, 1.82) is 0 Å². The van der Waals surface area contributed by atoms with Crippen molar-refractivity contribution < 1.29 is 65.6 Å². The van der Waals surface area contributed by atoms with Gasteiger partial charge in [0, 0.05) is 6.08 Å². The van der Waals surface area contributed by atoms with Crippen LogP contribution in [0.25, 0.3) is 6.08 Å². The fraction of sp³-hybridized carbons (Fsp3) is 0.245. The van der Waals surface area contributed by atoms with Crippen molar-refractivity contribution in [2.45, 2.75) is 52.6 Å². The van der Waals surface area contributed by atoms with E-state index in [9.17, 15) is 37.1 Å². The zero-order valence-electron chi connectivity index (χ0n) is 34.7. The summed E-state index contributed by atoms with van der Waals surface area (Å²) in [5.41, 5.74) is 0.00845. The monoisotopic (exact) mass is 866 g/mol. The van der Waals surface area contributed by atoms with Crippen LogP contribution in [0.5, 0.6) is 28.7 Å². The fourth-order valence-corrected chi connectivity index (χ4v) is 5.90. The molecule has 14 heteroatoms. The standard InChI is InChI=1S/C49H45F3O11/c1-4-35(46(55)61-41-24-22-39(23-25-41)60-44(53)27-14-34-10-6-5-7-11-34)30-33(3)45(54)59-29-9-8-28-58-38-20-15-36(16-21-38)47(56)63-43-26-17-37(31-42(43)49(50,51)52)48(57)62-40-18-12-32(2)13-19-40/h5-7,10-27,31,33,35H,4,8-9,28-30H2,1-3H3. The summed E-state index contributed by atoms with van der Waals surface area (Å²) < 4.78 is 74.1. The lowest BCUT2D eigenvalue weighted by Gasteiger charge is -2.18. The van der Waals surface area contributed by atoms with E-state index in [1.165, 1.54) is 66.7 Å². The minimum Gasteiger partial charge on any atom is -0.494 e. The van der Waals surface area contributed by atoms with Crippen molar-refractivity contribution in [2.24, 2.45) is 11.8 Å². The molecule has 0 radical (unpaired) electrons. The van der Waals surface area contributed by atoms with Crippen LogP contribution in [0.4, 0.5) is 13.2 Å². The Labute approximate surface area is 362 Å². The van der Waals surface area contributed by atoms with E-state index in [1.807, 2.05) is 44.2 Å². The summed E-state index contributed by atoms with van der Waals surface area (Å²) in [6.45, 7) is 5.67.